The van der Waals surface area contributed by atoms with Gasteiger partial charge in [0.2, 0.25) is 0 Å². The minimum atomic E-state index is 0.390. The highest BCUT2D eigenvalue weighted by atomic mass is 32.1. The molecular weight excluding hydrogens is 180 g/mol. The summed E-state index contributed by atoms with van der Waals surface area (Å²) in [4.78, 5) is 4.36. The van der Waals surface area contributed by atoms with Crippen molar-refractivity contribution in [2.24, 2.45) is 11.3 Å². The molecule has 2 unspecified atom stereocenters. The van der Waals surface area contributed by atoms with Crippen LogP contribution in [0.2, 0.25) is 0 Å². The Balaban J connectivity index is 2.12. The van der Waals surface area contributed by atoms with Crippen LogP contribution in [0.15, 0.2) is 11.6 Å². The van der Waals surface area contributed by atoms with Gasteiger partial charge in [0.25, 0.3) is 0 Å². The Kier molecular flexibility index (Phi) is 2.16. The fraction of sp³-hybridized carbons (Fsp3) is 0.700. The van der Waals surface area contributed by atoms with Crippen molar-refractivity contribution in [3.63, 3.8) is 0 Å². The van der Waals surface area contributed by atoms with E-state index in [-0.39, 0.29) is 0 Å². The molecule has 0 bridgehead atoms. The molecule has 0 aliphatic carbocycles. The van der Waals surface area contributed by atoms with Crippen LogP contribution < -0.4 is 5.32 Å². The Bertz CT molecular complexity index is 274. The van der Waals surface area contributed by atoms with Crippen LogP contribution in [0.1, 0.15) is 31.8 Å². The quantitative estimate of drug-likeness (QED) is 0.746. The van der Waals surface area contributed by atoms with Gasteiger partial charge >= 0.3 is 0 Å². The maximum atomic E-state index is 4.36. The summed E-state index contributed by atoms with van der Waals surface area (Å²) in [6.07, 6.45) is 1.89. The maximum Gasteiger partial charge on any atom is 0.110 e. The van der Waals surface area contributed by atoms with Crippen molar-refractivity contribution >= 4 is 11.3 Å². The van der Waals surface area contributed by atoms with Crippen molar-refractivity contribution in [3.8, 4) is 0 Å². The molecule has 1 N–H and O–H groups in total. The first-order chi connectivity index (χ1) is 6.09. The third-order valence-electron chi connectivity index (χ3n) is 2.79. The lowest BCUT2D eigenvalue weighted by atomic mass is 9.72. The monoisotopic (exact) mass is 196 g/mol. The summed E-state index contributed by atoms with van der Waals surface area (Å²) in [6, 6.07) is 0.500. The number of rotatable bonds is 1. The average molecular weight is 196 g/mol. The van der Waals surface area contributed by atoms with Gasteiger partial charge in [-0.2, -0.15) is 0 Å². The highest BCUT2D eigenvalue weighted by Gasteiger charge is 2.40. The molecule has 0 spiro atoms. The number of nitrogens with zero attached hydrogens (tertiary/aromatic N) is 1. The van der Waals surface area contributed by atoms with Crippen LogP contribution in [0.5, 0.6) is 0 Å². The van der Waals surface area contributed by atoms with Crippen molar-refractivity contribution in [1.29, 1.82) is 0 Å². The molecule has 1 aliphatic rings. The molecule has 0 amide bonds. The standard InChI is InChI=1S/C10H16N2S/c1-10(2,3)7-6-12-8(7)9-11-4-5-13-9/h4-5,7-8,12H,6H2,1-3H3. The van der Waals surface area contributed by atoms with Crippen LogP contribution >= 0.6 is 11.3 Å². The molecule has 1 fully saturated rings. The van der Waals surface area contributed by atoms with E-state index in [9.17, 15) is 0 Å². The smallest absolute Gasteiger partial charge is 0.110 e. The molecule has 2 atom stereocenters. The second kappa shape index (κ2) is 3.07. The lowest BCUT2D eigenvalue weighted by molar-refractivity contribution is 0.0987. The van der Waals surface area contributed by atoms with Crippen molar-refractivity contribution < 1.29 is 0 Å². The third-order valence-corrected chi connectivity index (χ3v) is 3.65. The fourth-order valence-electron chi connectivity index (χ4n) is 1.81. The summed E-state index contributed by atoms with van der Waals surface area (Å²) >= 11 is 1.75. The summed E-state index contributed by atoms with van der Waals surface area (Å²) < 4.78 is 0. The molecule has 1 aliphatic heterocycles. The van der Waals surface area contributed by atoms with Gasteiger partial charge in [-0.1, -0.05) is 20.8 Å². The molecule has 0 saturated carbocycles. The van der Waals surface area contributed by atoms with Crippen molar-refractivity contribution in [2.75, 3.05) is 6.54 Å². The predicted molar refractivity (Wildman–Crippen MR) is 55.8 cm³/mol. The van der Waals surface area contributed by atoms with E-state index in [2.05, 4.69) is 36.5 Å². The summed E-state index contributed by atoms with van der Waals surface area (Å²) in [7, 11) is 0. The number of nitrogens with one attached hydrogen (secondary N) is 1. The average Bonchev–Trinajstić information content (AvgIpc) is 2.32. The largest absolute Gasteiger partial charge is 0.307 e. The van der Waals surface area contributed by atoms with E-state index in [1.54, 1.807) is 11.3 Å². The molecule has 2 rings (SSSR count). The Hall–Kier alpha value is -0.410. The molecule has 13 heavy (non-hydrogen) atoms. The highest BCUT2D eigenvalue weighted by molar-refractivity contribution is 7.09. The Morgan fingerprint density at radius 3 is 2.69 bits per heavy atom. The number of thiazole rings is 1. The van der Waals surface area contributed by atoms with E-state index >= 15 is 0 Å². The molecule has 1 aromatic heterocycles. The van der Waals surface area contributed by atoms with Gasteiger partial charge in [-0.05, 0) is 11.3 Å². The Morgan fingerprint density at radius 2 is 2.31 bits per heavy atom. The van der Waals surface area contributed by atoms with Gasteiger partial charge in [0, 0.05) is 18.1 Å². The molecule has 1 aromatic rings. The van der Waals surface area contributed by atoms with E-state index in [1.165, 1.54) is 5.01 Å². The van der Waals surface area contributed by atoms with E-state index in [0.717, 1.165) is 12.5 Å². The van der Waals surface area contributed by atoms with Crippen molar-refractivity contribution in [3.05, 3.63) is 16.6 Å². The number of hydrogen-bond donors (Lipinski definition) is 1. The summed E-state index contributed by atoms with van der Waals surface area (Å²) in [5, 5.41) is 6.74. The van der Waals surface area contributed by atoms with E-state index in [0.29, 0.717) is 11.5 Å². The second-order valence-electron chi connectivity index (χ2n) is 4.73. The van der Waals surface area contributed by atoms with Crippen molar-refractivity contribution in [1.82, 2.24) is 10.3 Å². The third kappa shape index (κ3) is 1.63. The van der Waals surface area contributed by atoms with Gasteiger partial charge in [-0.25, -0.2) is 4.98 Å². The predicted octanol–water partition coefficient (Wildman–Crippen LogP) is 2.45. The zero-order valence-electron chi connectivity index (χ0n) is 8.37. The molecule has 2 heterocycles. The molecule has 72 valence electrons. The molecular formula is C10H16N2S. The van der Waals surface area contributed by atoms with Crippen LogP contribution in [0, 0.1) is 11.3 Å². The summed E-state index contributed by atoms with van der Waals surface area (Å²) in [5.74, 6) is 0.735. The van der Waals surface area contributed by atoms with E-state index in [4.69, 9.17) is 0 Å². The van der Waals surface area contributed by atoms with Crippen LogP contribution in [0.25, 0.3) is 0 Å². The van der Waals surface area contributed by atoms with Gasteiger partial charge in [0.15, 0.2) is 0 Å². The summed E-state index contributed by atoms with van der Waals surface area (Å²) in [5.41, 5.74) is 0.390. The minimum Gasteiger partial charge on any atom is -0.307 e. The molecule has 3 heteroatoms. The molecule has 0 radical (unpaired) electrons. The number of hydrogen-bond acceptors (Lipinski definition) is 3. The van der Waals surface area contributed by atoms with Crippen LogP contribution in [0.4, 0.5) is 0 Å². The number of aromatic nitrogens is 1. The molecule has 0 aromatic carbocycles. The first-order valence-corrected chi connectivity index (χ1v) is 5.60. The van der Waals surface area contributed by atoms with Crippen molar-refractivity contribution in [2.45, 2.75) is 26.8 Å². The zero-order valence-corrected chi connectivity index (χ0v) is 9.19. The zero-order chi connectivity index (χ0) is 9.47. The normalized spacial score (nSPS) is 28.5. The van der Waals surface area contributed by atoms with Gasteiger partial charge < -0.3 is 5.32 Å². The maximum absolute atomic E-state index is 4.36. The minimum absolute atomic E-state index is 0.390. The first-order valence-electron chi connectivity index (χ1n) is 4.72. The van der Waals surface area contributed by atoms with Gasteiger partial charge in [0.05, 0.1) is 6.04 Å². The molecule has 1 saturated heterocycles. The molecule has 2 nitrogen and oxygen atoms in total. The SMILES string of the molecule is CC(C)(C)C1CNC1c1nccs1. The Labute approximate surface area is 83.4 Å². The summed E-state index contributed by atoms with van der Waals surface area (Å²) in [6.45, 7) is 8.05. The van der Waals surface area contributed by atoms with Gasteiger partial charge in [-0.3, -0.25) is 0 Å². The van der Waals surface area contributed by atoms with Gasteiger partial charge in [0.1, 0.15) is 5.01 Å². The lowest BCUT2D eigenvalue weighted by Gasteiger charge is -2.45. The van der Waals surface area contributed by atoms with Crippen LogP contribution in [-0.2, 0) is 0 Å². The highest BCUT2D eigenvalue weighted by Crippen LogP contribution is 2.41. The second-order valence-corrected chi connectivity index (χ2v) is 5.65. The fourth-order valence-corrected chi connectivity index (χ4v) is 2.58. The van der Waals surface area contributed by atoms with E-state index in [1.807, 2.05) is 6.20 Å². The van der Waals surface area contributed by atoms with E-state index < -0.39 is 0 Å². The topological polar surface area (TPSA) is 24.9 Å². The first kappa shape index (κ1) is 9.16. The van der Waals surface area contributed by atoms with Crippen LogP contribution in [0.3, 0.4) is 0 Å². The lowest BCUT2D eigenvalue weighted by Crippen LogP contribution is -2.51. The van der Waals surface area contributed by atoms with Crippen LogP contribution in [-0.4, -0.2) is 11.5 Å². The Morgan fingerprint density at radius 1 is 1.54 bits per heavy atom. The van der Waals surface area contributed by atoms with Gasteiger partial charge in [-0.15, -0.1) is 11.3 Å².